The Kier molecular flexibility index (Phi) is 4.97. The molecule has 1 aromatic rings. The van der Waals surface area contributed by atoms with Gasteiger partial charge < -0.3 is 18.6 Å². The van der Waals surface area contributed by atoms with Crippen molar-refractivity contribution in [2.24, 2.45) is 0 Å². The molecule has 19 heavy (non-hydrogen) atoms. The minimum atomic E-state index is -4.36. The Labute approximate surface area is 117 Å². The van der Waals surface area contributed by atoms with Crippen LogP contribution in [0.15, 0.2) is 18.2 Å². The Morgan fingerprint density at radius 2 is 1.37 bits per heavy atom. The van der Waals surface area contributed by atoms with Crippen LogP contribution in [0.1, 0.15) is 25.0 Å². The highest BCUT2D eigenvalue weighted by Crippen LogP contribution is 2.32. The summed E-state index contributed by atoms with van der Waals surface area (Å²) in [5.41, 5.74) is 2.93. The van der Waals surface area contributed by atoms with Crippen molar-refractivity contribution in [3.05, 3.63) is 29.3 Å². The standard InChI is InChI=1S/C13H25NO3Si2/c1-6-11-9-8-10-12(7-2)13(11)14(18(3,4)5)19(15,16)17/h8-10,15-17H,6-7H2,1-5H3. The van der Waals surface area contributed by atoms with Gasteiger partial charge in [0, 0.05) is 5.69 Å². The molecule has 0 amide bonds. The third kappa shape index (κ3) is 3.67. The molecule has 0 fully saturated rings. The van der Waals surface area contributed by atoms with Crippen LogP contribution in [-0.4, -0.2) is 31.6 Å². The second-order valence-electron chi connectivity index (χ2n) is 5.74. The molecule has 0 atom stereocenters. The molecule has 1 aromatic carbocycles. The monoisotopic (exact) mass is 299 g/mol. The zero-order valence-electron chi connectivity index (χ0n) is 12.4. The van der Waals surface area contributed by atoms with E-state index < -0.39 is 17.2 Å². The van der Waals surface area contributed by atoms with Gasteiger partial charge in [-0.1, -0.05) is 51.7 Å². The normalized spacial score (nSPS) is 12.6. The van der Waals surface area contributed by atoms with Crippen molar-refractivity contribution in [3.8, 4) is 0 Å². The molecule has 0 aliphatic rings. The summed E-state index contributed by atoms with van der Waals surface area (Å²) in [7, 11) is -6.48. The van der Waals surface area contributed by atoms with Crippen molar-refractivity contribution >= 4 is 22.9 Å². The van der Waals surface area contributed by atoms with Crippen molar-refractivity contribution in [1.82, 2.24) is 0 Å². The summed E-state index contributed by atoms with van der Waals surface area (Å²) in [4.78, 5) is 29.8. The minimum Gasteiger partial charge on any atom is -0.373 e. The second-order valence-corrected chi connectivity index (χ2v) is 12.6. The first-order chi connectivity index (χ1) is 8.62. The zero-order chi connectivity index (χ0) is 14.8. The van der Waals surface area contributed by atoms with Crippen LogP contribution in [-0.2, 0) is 12.8 Å². The number of anilines is 1. The maximum absolute atomic E-state index is 9.92. The van der Waals surface area contributed by atoms with Gasteiger partial charge in [-0.2, -0.15) is 0 Å². The van der Waals surface area contributed by atoms with Crippen LogP contribution in [0.3, 0.4) is 0 Å². The number of hydrogen-bond donors (Lipinski definition) is 3. The Hall–Kier alpha value is -0.666. The Bertz CT molecular complexity index is 402. The SMILES string of the molecule is CCc1cccc(CC)c1N([Si](C)(C)C)[Si](O)(O)O. The number of aryl methyl sites for hydroxylation is 2. The van der Waals surface area contributed by atoms with E-state index in [2.05, 4.69) is 0 Å². The third-order valence-electron chi connectivity index (χ3n) is 3.16. The first-order valence-corrected chi connectivity index (χ1v) is 11.9. The van der Waals surface area contributed by atoms with Crippen LogP contribution in [0.25, 0.3) is 0 Å². The summed E-state index contributed by atoms with van der Waals surface area (Å²) in [5, 5.41) is 0. The van der Waals surface area contributed by atoms with Crippen LogP contribution in [0.4, 0.5) is 5.69 Å². The maximum atomic E-state index is 9.92. The highest BCUT2D eigenvalue weighted by molar-refractivity contribution is 6.92. The van der Waals surface area contributed by atoms with E-state index in [4.69, 9.17) is 0 Å². The van der Waals surface area contributed by atoms with E-state index in [0.717, 1.165) is 29.7 Å². The van der Waals surface area contributed by atoms with E-state index >= 15 is 0 Å². The fourth-order valence-corrected chi connectivity index (χ4v) is 7.58. The van der Waals surface area contributed by atoms with Gasteiger partial charge in [0.25, 0.3) is 0 Å². The van der Waals surface area contributed by atoms with Gasteiger partial charge in [0.15, 0.2) is 0 Å². The molecule has 0 unspecified atom stereocenters. The van der Waals surface area contributed by atoms with Crippen molar-refractivity contribution in [2.45, 2.75) is 46.3 Å². The molecule has 0 aromatic heterocycles. The van der Waals surface area contributed by atoms with Gasteiger partial charge in [-0.05, 0) is 24.0 Å². The summed E-state index contributed by atoms with van der Waals surface area (Å²) < 4.78 is 1.54. The minimum absolute atomic E-state index is 0.800. The average Bonchev–Trinajstić information content (AvgIpc) is 2.25. The van der Waals surface area contributed by atoms with Crippen LogP contribution in [0, 0.1) is 0 Å². The van der Waals surface area contributed by atoms with Crippen LogP contribution in [0.2, 0.25) is 19.6 Å². The lowest BCUT2D eigenvalue weighted by atomic mass is 10.0. The Morgan fingerprint density at radius 3 is 1.63 bits per heavy atom. The molecular weight excluding hydrogens is 274 g/mol. The first kappa shape index (κ1) is 16.4. The molecule has 108 valence electrons. The Balaban J connectivity index is 3.54. The molecule has 0 spiro atoms. The molecule has 0 aliphatic carbocycles. The van der Waals surface area contributed by atoms with Gasteiger partial charge >= 0.3 is 8.97 Å². The lowest BCUT2D eigenvalue weighted by Gasteiger charge is -2.41. The fourth-order valence-electron chi connectivity index (χ4n) is 2.44. The van der Waals surface area contributed by atoms with E-state index in [1.54, 1.807) is 0 Å². The highest BCUT2D eigenvalue weighted by Gasteiger charge is 2.46. The van der Waals surface area contributed by atoms with Gasteiger partial charge in [0.2, 0.25) is 0 Å². The molecule has 1 rings (SSSR count). The lowest BCUT2D eigenvalue weighted by Crippen LogP contribution is -2.65. The van der Waals surface area contributed by atoms with E-state index in [1.165, 1.54) is 4.23 Å². The molecule has 0 saturated heterocycles. The second kappa shape index (κ2) is 5.76. The number of benzene rings is 1. The van der Waals surface area contributed by atoms with E-state index in [-0.39, 0.29) is 0 Å². The van der Waals surface area contributed by atoms with Crippen molar-refractivity contribution in [2.75, 3.05) is 4.23 Å². The van der Waals surface area contributed by atoms with Crippen molar-refractivity contribution < 1.29 is 14.4 Å². The topological polar surface area (TPSA) is 63.9 Å². The smallest absolute Gasteiger partial charge is 0.373 e. The first-order valence-electron chi connectivity index (χ1n) is 6.71. The Morgan fingerprint density at radius 1 is 0.947 bits per heavy atom. The number of nitrogens with zero attached hydrogens (tertiary/aromatic N) is 1. The average molecular weight is 300 g/mol. The number of para-hydroxylation sites is 1. The maximum Gasteiger partial charge on any atom is 0.616 e. The van der Waals surface area contributed by atoms with Crippen LogP contribution >= 0.6 is 0 Å². The van der Waals surface area contributed by atoms with Gasteiger partial charge in [-0.3, -0.25) is 0 Å². The summed E-state index contributed by atoms with van der Waals surface area (Å²) in [5.74, 6) is 0. The number of rotatable bonds is 5. The predicted molar refractivity (Wildman–Crippen MR) is 83.4 cm³/mol. The summed E-state index contributed by atoms with van der Waals surface area (Å²) in [6.07, 6.45) is 1.60. The molecule has 0 aliphatic heterocycles. The van der Waals surface area contributed by atoms with E-state index in [1.807, 2.05) is 51.7 Å². The molecular formula is C13H25NO3Si2. The van der Waals surface area contributed by atoms with Crippen molar-refractivity contribution in [1.29, 1.82) is 0 Å². The third-order valence-corrected chi connectivity index (χ3v) is 8.46. The predicted octanol–water partition coefficient (Wildman–Crippen LogP) is 1.87. The quantitative estimate of drug-likeness (QED) is 0.726. The largest absolute Gasteiger partial charge is 0.616 e. The summed E-state index contributed by atoms with van der Waals surface area (Å²) >= 11 is 0. The zero-order valence-corrected chi connectivity index (χ0v) is 14.4. The van der Waals surface area contributed by atoms with Gasteiger partial charge in [0.05, 0.1) is 0 Å². The lowest BCUT2D eigenvalue weighted by molar-refractivity contribution is 0.231. The highest BCUT2D eigenvalue weighted by atomic mass is 28.4. The number of hydrogen-bond acceptors (Lipinski definition) is 4. The van der Waals surface area contributed by atoms with Crippen molar-refractivity contribution in [3.63, 3.8) is 0 Å². The molecule has 0 saturated carbocycles. The fraction of sp³-hybridized carbons (Fsp3) is 0.538. The van der Waals surface area contributed by atoms with Gasteiger partial charge in [0.1, 0.15) is 8.24 Å². The molecule has 0 radical (unpaired) electrons. The molecule has 0 heterocycles. The molecule has 6 heteroatoms. The molecule has 0 bridgehead atoms. The van der Waals surface area contributed by atoms with E-state index in [9.17, 15) is 14.4 Å². The molecule has 4 nitrogen and oxygen atoms in total. The van der Waals surface area contributed by atoms with Crippen LogP contribution in [0.5, 0.6) is 0 Å². The van der Waals surface area contributed by atoms with Gasteiger partial charge in [-0.25, -0.2) is 0 Å². The van der Waals surface area contributed by atoms with E-state index in [0.29, 0.717) is 0 Å². The molecule has 3 N–H and O–H groups in total. The summed E-state index contributed by atoms with van der Waals surface area (Å²) in [6, 6.07) is 5.96. The van der Waals surface area contributed by atoms with Crippen LogP contribution < -0.4 is 4.23 Å². The van der Waals surface area contributed by atoms with Gasteiger partial charge in [-0.15, -0.1) is 0 Å². The summed E-state index contributed by atoms with van der Waals surface area (Å²) in [6.45, 7) is 10.1.